The number of anilines is 2. The van der Waals surface area contributed by atoms with E-state index >= 15 is 0 Å². The van der Waals surface area contributed by atoms with Gasteiger partial charge in [-0.05, 0) is 101 Å². The second-order valence-corrected chi connectivity index (χ2v) is 15.3. The number of furan rings is 1. The summed E-state index contributed by atoms with van der Waals surface area (Å²) in [5.41, 5.74) is 17.2. The SMILES string of the molecule is CCCCCc1ccc(Nc2ccccc2-c2cc(C)c3c4cc(C(C)(C)C)ccc4n4c3c2Bc2cc3oc5ccccc5c3cc2-4)cc1. The molecule has 0 fully saturated rings. The van der Waals surface area contributed by atoms with Crippen LogP contribution in [0.4, 0.5) is 11.4 Å². The third kappa shape index (κ3) is 4.95. The Kier molecular flexibility index (Phi) is 7.21. The van der Waals surface area contributed by atoms with Crippen LogP contribution in [-0.2, 0) is 11.8 Å². The molecule has 9 rings (SSSR count). The minimum absolute atomic E-state index is 0.0531. The predicted octanol–water partition coefficient (Wildman–Crippen LogP) is 11.1. The quantitative estimate of drug-likeness (QED) is 0.137. The van der Waals surface area contributed by atoms with Crippen molar-refractivity contribution in [2.45, 2.75) is 65.7 Å². The molecule has 0 radical (unpaired) electrons. The van der Waals surface area contributed by atoms with Crippen molar-refractivity contribution >= 4 is 73.3 Å². The molecule has 6 aromatic carbocycles. The van der Waals surface area contributed by atoms with Crippen LogP contribution in [0, 0.1) is 6.92 Å². The highest BCUT2D eigenvalue weighted by Crippen LogP contribution is 2.41. The molecular formula is C46H43BN2O. The fourth-order valence-corrected chi connectivity index (χ4v) is 8.27. The van der Waals surface area contributed by atoms with Crippen molar-refractivity contribution in [1.29, 1.82) is 0 Å². The topological polar surface area (TPSA) is 30.1 Å². The van der Waals surface area contributed by atoms with E-state index < -0.39 is 0 Å². The molecule has 0 bridgehead atoms. The Morgan fingerprint density at radius 1 is 0.740 bits per heavy atom. The summed E-state index contributed by atoms with van der Waals surface area (Å²) in [5, 5.41) is 8.82. The van der Waals surface area contributed by atoms with E-state index in [0.29, 0.717) is 0 Å². The molecule has 50 heavy (non-hydrogen) atoms. The highest BCUT2D eigenvalue weighted by atomic mass is 16.3. The van der Waals surface area contributed by atoms with E-state index in [9.17, 15) is 0 Å². The average Bonchev–Trinajstić information content (AvgIpc) is 3.66. The highest BCUT2D eigenvalue weighted by Gasteiger charge is 2.29. The van der Waals surface area contributed by atoms with E-state index in [0.717, 1.165) is 41.6 Å². The van der Waals surface area contributed by atoms with Crippen LogP contribution < -0.4 is 16.2 Å². The largest absolute Gasteiger partial charge is 0.456 e. The molecule has 0 spiro atoms. The van der Waals surface area contributed by atoms with Gasteiger partial charge in [0.2, 0.25) is 0 Å². The fraction of sp³-hybridized carbons (Fsp3) is 0.217. The maximum absolute atomic E-state index is 6.44. The van der Waals surface area contributed by atoms with Crippen molar-refractivity contribution in [2.24, 2.45) is 0 Å². The number of nitrogens with one attached hydrogen (secondary N) is 1. The van der Waals surface area contributed by atoms with Gasteiger partial charge < -0.3 is 14.3 Å². The Morgan fingerprint density at radius 3 is 2.36 bits per heavy atom. The first-order valence-electron chi connectivity index (χ1n) is 18.3. The summed E-state index contributed by atoms with van der Waals surface area (Å²) < 4.78 is 8.99. The summed E-state index contributed by atoms with van der Waals surface area (Å²) in [7, 11) is 0.831. The van der Waals surface area contributed by atoms with Crippen LogP contribution in [0.3, 0.4) is 0 Å². The van der Waals surface area contributed by atoms with E-state index in [1.807, 2.05) is 0 Å². The number of rotatable bonds is 7. The van der Waals surface area contributed by atoms with Gasteiger partial charge in [0.25, 0.3) is 0 Å². The Morgan fingerprint density at radius 2 is 1.54 bits per heavy atom. The highest BCUT2D eigenvalue weighted by molar-refractivity contribution is 6.73. The number of aryl methyl sites for hydroxylation is 2. The number of hydrogen-bond acceptors (Lipinski definition) is 2. The lowest BCUT2D eigenvalue weighted by atomic mass is 9.58. The molecular weight excluding hydrogens is 607 g/mol. The summed E-state index contributed by atoms with van der Waals surface area (Å²) in [4.78, 5) is 0. The lowest BCUT2D eigenvalue weighted by molar-refractivity contribution is 0.591. The van der Waals surface area contributed by atoms with Crippen LogP contribution in [-0.4, -0.2) is 11.8 Å². The van der Waals surface area contributed by atoms with Gasteiger partial charge in [-0.15, -0.1) is 0 Å². The normalized spacial score (nSPS) is 12.6. The molecule has 0 atom stereocenters. The lowest BCUT2D eigenvalue weighted by Gasteiger charge is -2.24. The number of nitrogens with zero attached hydrogens (tertiary/aromatic N) is 1. The van der Waals surface area contributed by atoms with E-state index in [-0.39, 0.29) is 5.41 Å². The molecule has 0 unspecified atom stereocenters. The monoisotopic (exact) mass is 650 g/mol. The summed E-state index contributed by atoms with van der Waals surface area (Å²) in [6.45, 7) is 11.5. The molecule has 246 valence electrons. The van der Waals surface area contributed by atoms with Crippen LogP contribution >= 0.6 is 0 Å². The first kappa shape index (κ1) is 30.8. The molecule has 2 aromatic heterocycles. The molecule has 0 saturated heterocycles. The maximum atomic E-state index is 6.44. The number of aromatic nitrogens is 1. The van der Waals surface area contributed by atoms with Crippen molar-refractivity contribution in [3.8, 4) is 16.8 Å². The van der Waals surface area contributed by atoms with E-state index in [1.165, 1.54) is 90.9 Å². The van der Waals surface area contributed by atoms with Gasteiger partial charge >= 0.3 is 0 Å². The van der Waals surface area contributed by atoms with Crippen LogP contribution in [0.1, 0.15) is 63.6 Å². The van der Waals surface area contributed by atoms with E-state index in [4.69, 9.17) is 4.42 Å². The number of para-hydroxylation sites is 2. The molecule has 1 aliphatic rings. The predicted molar refractivity (Wildman–Crippen MR) is 216 cm³/mol. The van der Waals surface area contributed by atoms with Crippen LogP contribution in [0.2, 0.25) is 0 Å². The molecule has 1 aliphatic heterocycles. The summed E-state index contributed by atoms with van der Waals surface area (Å²) in [5.74, 6) is 0. The van der Waals surface area contributed by atoms with Gasteiger partial charge in [-0.25, -0.2) is 0 Å². The van der Waals surface area contributed by atoms with Crippen molar-refractivity contribution in [3.05, 3.63) is 126 Å². The zero-order chi connectivity index (χ0) is 34.1. The fourth-order valence-electron chi connectivity index (χ4n) is 8.27. The van der Waals surface area contributed by atoms with Gasteiger partial charge in [0.1, 0.15) is 11.2 Å². The standard InChI is InChI=1S/C46H43BN2O/c1-6-7-8-13-29-18-21-31(22-19-29)48-38-16-11-9-14-32(38)35-24-28(2)43-36-25-30(46(3,4)5)20-23-39(36)49-40-26-34-33-15-10-12-17-41(33)50-42(34)27-37(40)47-44(35)45(43)49/h9-12,14-27,47-48H,6-8,13H2,1-5H3. The molecule has 0 saturated carbocycles. The number of hydrogen-bond donors (Lipinski definition) is 1. The third-order valence-electron chi connectivity index (χ3n) is 10.9. The van der Waals surface area contributed by atoms with Gasteiger partial charge in [0, 0.05) is 49.7 Å². The second kappa shape index (κ2) is 11.7. The molecule has 8 aromatic rings. The smallest absolute Gasteiger partial charge is 0.198 e. The van der Waals surface area contributed by atoms with Gasteiger partial charge in [-0.1, -0.05) is 107 Å². The van der Waals surface area contributed by atoms with Crippen molar-refractivity contribution in [3.63, 3.8) is 0 Å². The molecule has 3 nitrogen and oxygen atoms in total. The zero-order valence-corrected chi connectivity index (χ0v) is 29.8. The van der Waals surface area contributed by atoms with Gasteiger partial charge in [0.05, 0.1) is 5.52 Å². The first-order valence-corrected chi connectivity index (χ1v) is 18.3. The van der Waals surface area contributed by atoms with Gasteiger partial charge in [-0.2, -0.15) is 0 Å². The van der Waals surface area contributed by atoms with E-state index in [1.54, 1.807) is 0 Å². The lowest BCUT2D eigenvalue weighted by Crippen LogP contribution is -2.37. The van der Waals surface area contributed by atoms with Crippen molar-refractivity contribution in [1.82, 2.24) is 4.57 Å². The average molecular weight is 651 g/mol. The zero-order valence-electron chi connectivity index (χ0n) is 29.8. The third-order valence-corrected chi connectivity index (χ3v) is 10.9. The molecule has 1 N–H and O–H groups in total. The number of fused-ring (bicyclic) bond motifs is 8. The molecule has 0 aliphatic carbocycles. The van der Waals surface area contributed by atoms with Crippen LogP contribution in [0.25, 0.3) is 60.6 Å². The second-order valence-electron chi connectivity index (χ2n) is 15.3. The Hall–Kier alpha value is -5.22. The minimum atomic E-state index is 0.0531. The van der Waals surface area contributed by atoms with E-state index in [2.05, 4.69) is 154 Å². The summed E-state index contributed by atoms with van der Waals surface area (Å²) in [6.07, 6.45) is 4.92. The van der Waals surface area contributed by atoms with Crippen LogP contribution in [0.15, 0.2) is 114 Å². The number of unbranched alkanes of at least 4 members (excludes halogenated alkanes) is 2. The summed E-state index contributed by atoms with van der Waals surface area (Å²) >= 11 is 0. The van der Waals surface area contributed by atoms with Gasteiger partial charge in [-0.3, -0.25) is 0 Å². The summed E-state index contributed by atoms with van der Waals surface area (Å²) in [6, 6.07) is 40.5. The minimum Gasteiger partial charge on any atom is -0.456 e. The first-order chi connectivity index (χ1) is 24.3. The number of benzene rings is 6. The van der Waals surface area contributed by atoms with Crippen LogP contribution in [0.5, 0.6) is 0 Å². The Balaban J connectivity index is 1.26. The molecule has 4 heteroatoms. The maximum Gasteiger partial charge on any atom is 0.198 e. The molecule has 3 heterocycles. The van der Waals surface area contributed by atoms with Crippen molar-refractivity contribution < 1.29 is 4.42 Å². The van der Waals surface area contributed by atoms with Gasteiger partial charge in [0.15, 0.2) is 7.28 Å². The molecule has 0 amide bonds. The van der Waals surface area contributed by atoms with Crippen molar-refractivity contribution in [2.75, 3.05) is 5.32 Å². The Labute approximate surface area is 295 Å². The Bertz CT molecular complexity index is 2600.